The highest BCUT2D eigenvalue weighted by Crippen LogP contribution is 2.36. The van der Waals surface area contributed by atoms with E-state index in [4.69, 9.17) is 11.5 Å². The molecule has 4 nitrogen and oxygen atoms in total. The summed E-state index contributed by atoms with van der Waals surface area (Å²) in [5, 5.41) is 0. The van der Waals surface area contributed by atoms with Crippen LogP contribution in [0.3, 0.4) is 0 Å². The first kappa shape index (κ1) is 12.7. The molecular formula is C16H17N3O. The molecule has 0 atom stereocenters. The molecule has 0 unspecified atom stereocenters. The minimum absolute atomic E-state index is 0.0923. The van der Waals surface area contributed by atoms with E-state index in [0.29, 0.717) is 18.7 Å². The molecule has 0 saturated carbocycles. The zero-order valence-electron chi connectivity index (χ0n) is 11.2. The summed E-state index contributed by atoms with van der Waals surface area (Å²) in [5.74, 6) is 0.0923. The molecule has 4 heteroatoms. The predicted octanol–water partition coefficient (Wildman–Crippen LogP) is 1.99. The highest BCUT2D eigenvalue weighted by atomic mass is 16.2. The molecule has 1 aliphatic heterocycles. The number of benzene rings is 2. The lowest BCUT2D eigenvalue weighted by molar-refractivity contribution is -0.116. The minimum Gasteiger partial charge on any atom is -0.399 e. The molecule has 20 heavy (non-hydrogen) atoms. The van der Waals surface area contributed by atoms with Gasteiger partial charge >= 0.3 is 0 Å². The van der Waals surface area contributed by atoms with Crippen molar-refractivity contribution < 1.29 is 4.79 Å². The molecule has 2 aromatic rings. The van der Waals surface area contributed by atoms with E-state index >= 15 is 0 Å². The highest BCUT2D eigenvalue weighted by molar-refractivity contribution is 6.07. The van der Waals surface area contributed by atoms with E-state index in [1.165, 1.54) is 5.56 Å². The van der Waals surface area contributed by atoms with Crippen LogP contribution < -0.4 is 16.4 Å². The Kier molecular flexibility index (Phi) is 3.16. The topological polar surface area (TPSA) is 72.4 Å². The monoisotopic (exact) mass is 267 g/mol. The lowest BCUT2D eigenvalue weighted by Crippen LogP contribution is -2.20. The smallest absolute Gasteiger partial charge is 0.236 e. The van der Waals surface area contributed by atoms with Crippen molar-refractivity contribution in [3.8, 4) is 0 Å². The SMILES string of the molecule is NCCc1ccc2c(c1)CC(=O)N2c1ccc(N)cc1. The summed E-state index contributed by atoms with van der Waals surface area (Å²) in [6.07, 6.45) is 1.28. The Bertz CT molecular complexity index is 649. The van der Waals surface area contributed by atoms with Crippen LogP contribution in [0.1, 0.15) is 11.1 Å². The first-order valence-corrected chi connectivity index (χ1v) is 6.69. The molecule has 0 aromatic heterocycles. The van der Waals surface area contributed by atoms with Gasteiger partial charge in [-0.1, -0.05) is 12.1 Å². The molecule has 1 aliphatic rings. The van der Waals surface area contributed by atoms with Crippen molar-refractivity contribution in [2.24, 2.45) is 5.73 Å². The number of rotatable bonds is 3. The van der Waals surface area contributed by atoms with Crippen molar-refractivity contribution >= 4 is 23.0 Å². The van der Waals surface area contributed by atoms with E-state index in [0.717, 1.165) is 23.4 Å². The van der Waals surface area contributed by atoms with Crippen LogP contribution in [-0.4, -0.2) is 12.5 Å². The Balaban J connectivity index is 1.99. The second-order valence-electron chi connectivity index (χ2n) is 5.00. The molecule has 1 amide bonds. The van der Waals surface area contributed by atoms with Gasteiger partial charge in [0.2, 0.25) is 5.91 Å². The zero-order chi connectivity index (χ0) is 14.1. The van der Waals surface area contributed by atoms with Gasteiger partial charge in [0.05, 0.1) is 12.1 Å². The summed E-state index contributed by atoms with van der Waals surface area (Å²) in [6, 6.07) is 13.5. The van der Waals surface area contributed by atoms with Gasteiger partial charge in [0.15, 0.2) is 0 Å². The Morgan fingerprint density at radius 2 is 1.85 bits per heavy atom. The van der Waals surface area contributed by atoms with Crippen molar-refractivity contribution in [1.29, 1.82) is 0 Å². The van der Waals surface area contributed by atoms with E-state index in [-0.39, 0.29) is 5.91 Å². The van der Waals surface area contributed by atoms with Crippen LogP contribution in [0.2, 0.25) is 0 Å². The number of fused-ring (bicyclic) bond motifs is 1. The zero-order valence-corrected chi connectivity index (χ0v) is 11.2. The normalized spacial score (nSPS) is 13.7. The quantitative estimate of drug-likeness (QED) is 0.835. The van der Waals surface area contributed by atoms with Gasteiger partial charge in [-0.2, -0.15) is 0 Å². The number of hydrogen-bond acceptors (Lipinski definition) is 3. The number of nitrogens with zero attached hydrogens (tertiary/aromatic N) is 1. The number of amides is 1. The summed E-state index contributed by atoms with van der Waals surface area (Å²) < 4.78 is 0. The molecule has 4 N–H and O–H groups in total. The van der Waals surface area contributed by atoms with Crippen molar-refractivity contribution in [3.05, 3.63) is 53.6 Å². The minimum atomic E-state index is 0.0923. The molecule has 1 heterocycles. The molecule has 0 radical (unpaired) electrons. The second-order valence-corrected chi connectivity index (χ2v) is 5.00. The van der Waals surface area contributed by atoms with Crippen LogP contribution in [0, 0.1) is 0 Å². The van der Waals surface area contributed by atoms with E-state index in [9.17, 15) is 4.79 Å². The van der Waals surface area contributed by atoms with Crippen LogP contribution in [-0.2, 0) is 17.6 Å². The van der Waals surface area contributed by atoms with E-state index in [1.807, 2.05) is 36.4 Å². The van der Waals surface area contributed by atoms with Crippen LogP contribution in [0.4, 0.5) is 17.1 Å². The number of nitrogen functional groups attached to an aromatic ring is 1. The molecular weight excluding hydrogens is 250 g/mol. The Hall–Kier alpha value is -2.33. The first-order chi connectivity index (χ1) is 9.69. The molecule has 0 saturated heterocycles. The van der Waals surface area contributed by atoms with Crippen LogP contribution in [0.5, 0.6) is 0 Å². The number of carbonyl (C=O) groups excluding carboxylic acids is 1. The van der Waals surface area contributed by atoms with Gasteiger partial charge in [0.25, 0.3) is 0 Å². The molecule has 0 bridgehead atoms. The molecule has 2 aromatic carbocycles. The predicted molar refractivity (Wildman–Crippen MR) is 80.9 cm³/mol. The summed E-state index contributed by atoms with van der Waals surface area (Å²) in [7, 11) is 0. The number of anilines is 3. The fraction of sp³-hybridized carbons (Fsp3) is 0.188. The Morgan fingerprint density at radius 3 is 2.55 bits per heavy atom. The number of nitrogens with two attached hydrogens (primary N) is 2. The lowest BCUT2D eigenvalue weighted by Gasteiger charge is -2.18. The van der Waals surface area contributed by atoms with E-state index < -0.39 is 0 Å². The largest absolute Gasteiger partial charge is 0.399 e. The van der Waals surface area contributed by atoms with E-state index in [2.05, 4.69) is 6.07 Å². The van der Waals surface area contributed by atoms with Gasteiger partial charge in [-0.05, 0) is 54.4 Å². The Labute approximate surface area is 118 Å². The summed E-state index contributed by atoms with van der Waals surface area (Å²) >= 11 is 0. The van der Waals surface area contributed by atoms with Gasteiger partial charge in [-0.15, -0.1) is 0 Å². The van der Waals surface area contributed by atoms with Crippen LogP contribution in [0.15, 0.2) is 42.5 Å². The standard InChI is InChI=1S/C16H17N3O/c17-8-7-11-1-6-15-12(9-11)10-16(20)19(15)14-4-2-13(18)3-5-14/h1-6,9H,7-8,10,17-18H2. The van der Waals surface area contributed by atoms with Crippen molar-refractivity contribution in [3.63, 3.8) is 0 Å². The third-order valence-electron chi connectivity index (χ3n) is 3.56. The summed E-state index contributed by atoms with van der Waals surface area (Å²) in [4.78, 5) is 14.0. The lowest BCUT2D eigenvalue weighted by atomic mass is 10.1. The van der Waals surface area contributed by atoms with Crippen molar-refractivity contribution in [2.75, 3.05) is 17.2 Å². The van der Waals surface area contributed by atoms with Crippen LogP contribution in [0.25, 0.3) is 0 Å². The average molecular weight is 267 g/mol. The van der Waals surface area contributed by atoms with Crippen molar-refractivity contribution in [1.82, 2.24) is 0 Å². The fourth-order valence-corrected chi connectivity index (χ4v) is 2.60. The molecule has 0 aliphatic carbocycles. The maximum atomic E-state index is 12.3. The third kappa shape index (κ3) is 2.14. The molecule has 0 fully saturated rings. The van der Waals surface area contributed by atoms with Gasteiger partial charge in [-0.25, -0.2) is 0 Å². The molecule has 102 valence electrons. The molecule has 0 spiro atoms. The average Bonchev–Trinajstić information content (AvgIpc) is 2.75. The van der Waals surface area contributed by atoms with Gasteiger partial charge in [-0.3, -0.25) is 9.69 Å². The maximum absolute atomic E-state index is 12.3. The number of carbonyl (C=O) groups is 1. The van der Waals surface area contributed by atoms with Gasteiger partial charge < -0.3 is 11.5 Å². The van der Waals surface area contributed by atoms with Gasteiger partial charge in [0, 0.05) is 11.4 Å². The number of hydrogen-bond donors (Lipinski definition) is 2. The fourth-order valence-electron chi connectivity index (χ4n) is 2.60. The summed E-state index contributed by atoms with van der Waals surface area (Å²) in [6.45, 7) is 0.619. The third-order valence-corrected chi connectivity index (χ3v) is 3.56. The van der Waals surface area contributed by atoms with Gasteiger partial charge in [0.1, 0.15) is 0 Å². The first-order valence-electron chi connectivity index (χ1n) is 6.69. The summed E-state index contributed by atoms with van der Waals surface area (Å²) in [5.41, 5.74) is 16.0. The highest BCUT2D eigenvalue weighted by Gasteiger charge is 2.28. The Morgan fingerprint density at radius 1 is 1.10 bits per heavy atom. The van der Waals surface area contributed by atoms with E-state index in [1.54, 1.807) is 4.90 Å². The van der Waals surface area contributed by atoms with Crippen molar-refractivity contribution in [2.45, 2.75) is 12.8 Å². The molecule has 3 rings (SSSR count). The van der Waals surface area contributed by atoms with Crippen LogP contribution >= 0.6 is 0 Å². The maximum Gasteiger partial charge on any atom is 0.236 e. The second kappa shape index (κ2) is 4.98.